The first-order valence-electron chi connectivity index (χ1n) is 6.13. The van der Waals surface area contributed by atoms with Crippen molar-refractivity contribution in [2.75, 3.05) is 6.54 Å². The minimum atomic E-state index is -4.72. The zero-order valence-electron chi connectivity index (χ0n) is 10.5. The van der Waals surface area contributed by atoms with Gasteiger partial charge in [0.2, 0.25) is 0 Å². The van der Waals surface area contributed by atoms with Crippen molar-refractivity contribution >= 4 is 13.1 Å². The Balaban J connectivity index is 2.06. The Labute approximate surface area is 110 Å². The summed E-state index contributed by atoms with van der Waals surface area (Å²) in [5.41, 5.74) is 0.859. The van der Waals surface area contributed by atoms with Gasteiger partial charge in [-0.05, 0) is 12.0 Å². The summed E-state index contributed by atoms with van der Waals surface area (Å²) in [5.74, 6) is 0. The number of unbranched alkanes of at least 4 members (excludes halogenated alkanes) is 1. The SMILES string of the molecule is O=C(NCCCC[B-](F)(F)F)OCc1ccccc1. The van der Waals surface area contributed by atoms with Crippen LogP contribution in [0.4, 0.5) is 17.7 Å². The smallest absolute Gasteiger partial charge is 0.449 e. The van der Waals surface area contributed by atoms with Gasteiger partial charge in [0.05, 0.1) is 0 Å². The van der Waals surface area contributed by atoms with Crippen LogP contribution in [0.5, 0.6) is 0 Å². The van der Waals surface area contributed by atoms with Crippen LogP contribution in [0.25, 0.3) is 0 Å². The molecule has 1 aromatic carbocycles. The van der Waals surface area contributed by atoms with Gasteiger partial charge in [0.25, 0.3) is 0 Å². The number of benzene rings is 1. The lowest BCUT2D eigenvalue weighted by Crippen LogP contribution is -2.25. The molecule has 0 aromatic heterocycles. The number of hydrogen-bond donors (Lipinski definition) is 1. The molecule has 0 unspecified atom stereocenters. The highest BCUT2D eigenvalue weighted by Gasteiger charge is 2.21. The number of ether oxygens (including phenoxy) is 1. The molecule has 3 nitrogen and oxygen atoms in total. The minimum absolute atomic E-state index is 0.0302. The van der Waals surface area contributed by atoms with Crippen LogP contribution in [0, 0.1) is 0 Å². The van der Waals surface area contributed by atoms with Crippen molar-refractivity contribution in [2.45, 2.75) is 25.8 Å². The molecule has 106 valence electrons. The lowest BCUT2D eigenvalue weighted by molar-refractivity contribution is 0.139. The van der Waals surface area contributed by atoms with Crippen molar-refractivity contribution in [3.05, 3.63) is 35.9 Å². The van der Waals surface area contributed by atoms with E-state index in [0.29, 0.717) is 6.42 Å². The van der Waals surface area contributed by atoms with Crippen LogP contribution in [0.2, 0.25) is 6.32 Å². The Morgan fingerprint density at radius 1 is 1.16 bits per heavy atom. The number of carbonyl (C=O) groups is 1. The van der Waals surface area contributed by atoms with Crippen LogP contribution in [-0.4, -0.2) is 19.6 Å². The molecule has 1 N–H and O–H groups in total. The number of hydrogen-bond acceptors (Lipinski definition) is 2. The van der Waals surface area contributed by atoms with E-state index in [2.05, 4.69) is 5.32 Å². The zero-order chi connectivity index (χ0) is 14.1. The molecule has 0 spiro atoms. The average molecular weight is 274 g/mol. The molecule has 0 atom stereocenters. The van der Waals surface area contributed by atoms with Gasteiger partial charge in [-0.3, -0.25) is 0 Å². The number of amides is 1. The molecule has 0 saturated heterocycles. The minimum Gasteiger partial charge on any atom is -0.449 e. The monoisotopic (exact) mass is 274 g/mol. The van der Waals surface area contributed by atoms with Gasteiger partial charge in [0, 0.05) is 6.54 Å². The van der Waals surface area contributed by atoms with Gasteiger partial charge in [-0.15, -0.1) is 0 Å². The zero-order valence-corrected chi connectivity index (χ0v) is 10.5. The van der Waals surface area contributed by atoms with Crippen LogP contribution in [0.1, 0.15) is 18.4 Å². The first-order valence-corrected chi connectivity index (χ1v) is 6.13. The number of rotatable bonds is 7. The summed E-state index contributed by atoms with van der Waals surface area (Å²) < 4.78 is 40.6. The van der Waals surface area contributed by atoms with E-state index in [1.54, 1.807) is 0 Å². The van der Waals surface area contributed by atoms with E-state index in [1.165, 1.54) is 0 Å². The van der Waals surface area contributed by atoms with Crippen LogP contribution in [0.15, 0.2) is 30.3 Å². The second-order valence-corrected chi connectivity index (χ2v) is 4.19. The van der Waals surface area contributed by atoms with Crippen LogP contribution < -0.4 is 5.32 Å². The molecule has 1 amide bonds. The van der Waals surface area contributed by atoms with Gasteiger partial charge >= 0.3 is 13.1 Å². The van der Waals surface area contributed by atoms with Crippen LogP contribution in [-0.2, 0) is 11.3 Å². The van der Waals surface area contributed by atoms with Crippen molar-refractivity contribution in [2.24, 2.45) is 0 Å². The third-order valence-corrected chi connectivity index (χ3v) is 2.44. The Morgan fingerprint density at radius 3 is 2.47 bits per heavy atom. The van der Waals surface area contributed by atoms with Crippen LogP contribution in [0.3, 0.4) is 0 Å². The number of carbonyl (C=O) groups excluding carboxylic acids is 1. The predicted molar refractivity (Wildman–Crippen MR) is 67.7 cm³/mol. The molecule has 0 radical (unpaired) electrons. The maximum absolute atomic E-state index is 11.9. The standard InChI is InChI=1S/C12H16BF3NO2/c14-13(15,16)8-4-5-9-17-12(18)19-10-11-6-2-1-3-7-11/h1-3,6-7H,4-5,8-10H2,(H,17,18)/q-1. The summed E-state index contributed by atoms with van der Waals surface area (Å²) in [6.07, 6.45) is -1.05. The first kappa shape index (κ1) is 15.4. The van der Waals surface area contributed by atoms with E-state index in [4.69, 9.17) is 4.74 Å². The highest BCUT2D eigenvalue weighted by Crippen LogP contribution is 2.17. The largest absolute Gasteiger partial charge is 0.478 e. The highest BCUT2D eigenvalue weighted by atomic mass is 19.4. The second-order valence-electron chi connectivity index (χ2n) is 4.19. The molecule has 0 saturated carbocycles. The summed E-state index contributed by atoms with van der Waals surface area (Å²) >= 11 is 0. The van der Waals surface area contributed by atoms with Gasteiger partial charge in [0.1, 0.15) is 6.61 Å². The van der Waals surface area contributed by atoms with Crippen molar-refractivity contribution in [3.63, 3.8) is 0 Å². The predicted octanol–water partition coefficient (Wildman–Crippen LogP) is 3.54. The summed E-state index contributed by atoms with van der Waals surface area (Å²) in [6.45, 7) is -4.37. The quantitative estimate of drug-likeness (QED) is 0.610. The Hall–Kier alpha value is -1.66. The summed E-state index contributed by atoms with van der Waals surface area (Å²) in [5, 5.41) is 2.42. The molecular weight excluding hydrogens is 258 g/mol. The Bertz CT molecular complexity index is 384. The fourth-order valence-corrected chi connectivity index (χ4v) is 1.47. The number of nitrogens with one attached hydrogen (secondary N) is 1. The van der Waals surface area contributed by atoms with Gasteiger partial charge < -0.3 is 23.0 Å². The molecule has 19 heavy (non-hydrogen) atoms. The topological polar surface area (TPSA) is 38.3 Å². The van der Waals surface area contributed by atoms with Gasteiger partial charge in [-0.1, -0.05) is 43.1 Å². The summed E-state index contributed by atoms with van der Waals surface area (Å²) in [6, 6.07) is 9.15. The Morgan fingerprint density at radius 2 is 1.84 bits per heavy atom. The highest BCUT2D eigenvalue weighted by molar-refractivity contribution is 6.58. The second kappa shape index (κ2) is 7.71. The molecule has 0 aliphatic heterocycles. The molecule has 1 rings (SSSR count). The average Bonchev–Trinajstić information content (AvgIpc) is 2.36. The van der Waals surface area contributed by atoms with E-state index in [-0.39, 0.29) is 19.6 Å². The summed E-state index contributed by atoms with van der Waals surface area (Å²) in [7, 11) is 0. The molecule has 0 fully saturated rings. The maximum Gasteiger partial charge on any atom is 0.478 e. The third-order valence-electron chi connectivity index (χ3n) is 2.44. The fraction of sp³-hybridized carbons (Fsp3) is 0.417. The molecule has 0 aliphatic rings. The summed E-state index contributed by atoms with van der Waals surface area (Å²) in [4.78, 5) is 11.2. The van der Waals surface area contributed by atoms with E-state index in [1.807, 2.05) is 30.3 Å². The van der Waals surface area contributed by atoms with Gasteiger partial charge in [-0.25, -0.2) is 4.79 Å². The molecule has 1 aromatic rings. The fourth-order valence-electron chi connectivity index (χ4n) is 1.47. The van der Waals surface area contributed by atoms with Crippen molar-refractivity contribution in [3.8, 4) is 0 Å². The maximum atomic E-state index is 11.9. The number of alkyl carbamates (subject to hydrolysis) is 1. The molecule has 0 bridgehead atoms. The lowest BCUT2D eigenvalue weighted by atomic mass is 9.84. The number of halogens is 3. The third kappa shape index (κ3) is 8.13. The molecule has 0 aliphatic carbocycles. The first-order chi connectivity index (χ1) is 8.97. The van der Waals surface area contributed by atoms with Gasteiger partial charge in [-0.2, -0.15) is 0 Å². The van der Waals surface area contributed by atoms with E-state index in [9.17, 15) is 17.7 Å². The Kier molecular flexibility index (Phi) is 6.25. The van der Waals surface area contributed by atoms with Gasteiger partial charge in [0.15, 0.2) is 0 Å². The van der Waals surface area contributed by atoms with Crippen molar-refractivity contribution in [1.82, 2.24) is 5.32 Å². The lowest BCUT2D eigenvalue weighted by Gasteiger charge is -2.12. The van der Waals surface area contributed by atoms with E-state index < -0.39 is 19.4 Å². The van der Waals surface area contributed by atoms with Crippen molar-refractivity contribution < 1.29 is 22.5 Å². The van der Waals surface area contributed by atoms with Crippen molar-refractivity contribution in [1.29, 1.82) is 0 Å². The molecular formula is C12H16BF3NO2-. The molecule has 7 heteroatoms. The normalized spacial score (nSPS) is 11.1. The van der Waals surface area contributed by atoms with Crippen LogP contribution >= 0.6 is 0 Å². The molecule has 0 heterocycles. The van der Waals surface area contributed by atoms with E-state index in [0.717, 1.165) is 5.56 Å². The van der Waals surface area contributed by atoms with E-state index >= 15 is 0 Å².